The van der Waals surface area contributed by atoms with Crippen molar-refractivity contribution in [1.29, 1.82) is 0 Å². The molecule has 5 unspecified atom stereocenters. The summed E-state index contributed by atoms with van der Waals surface area (Å²) in [6.07, 6.45) is 9.50. The fraction of sp³-hybridized carbons (Fsp3) is 0.964. The summed E-state index contributed by atoms with van der Waals surface area (Å²) in [4.78, 5) is 15.6. The zero-order chi connectivity index (χ0) is 27.4. The number of hydrogen-bond donors (Lipinski definition) is 4. The smallest absolute Gasteiger partial charge is 0.400 e. The third-order valence-corrected chi connectivity index (χ3v) is 9.93. The Morgan fingerprint density at radius 3 is 2.00 bits per heavy atom. The summed E-state index contributed by atoms with van der Waals surface area (Å²) >= 11 is 0. The summed E-state index contributed by atoms with van der Waals surface area (Å²) in [6.45, 7) is 4.72. The van der Waals surface area contributed by atoms with Crippen LogP contribution in [-0.2, 0) is 4.79 Å². The zero-order valence-corrected chi connectivity index (χ0v) is 23.5. The molecule has 3 aliphatic carbocycles. The van der Waals surface area contributed by atoms with Crippen LogP contribution in [0.1, 0.15) is 97.3 Å². The van der Waals surface area contributed by atoms with Gasteiger partial charge in [-0.3, -0.25) is 10.2 Å². The largest absolute Gasteiger partial charge is 0.405 e. The summed E-state index contributed by atoms with van der Waals surface area (Å²) in [5.41, 5.74) is 9.02. The van der Waals surface area contributed by atoms with E-state index in [1.807, 2.05) is 18.7 Å². The average molecular weight is 546 g/mol. The van der Waals surface area contributed by atoms with Gasteiger partial charge in [0.1, 0.15) is 12.1 Å². The maximum Gasteiger partial charge on any atom is 0.405 e. The third kappa shape index (κ3) is 6.35. The van der Waals surface area contributed by atoms with Gasteiger partial charge in [-0.25, -0.2) is 15.9 Å². The van der Waals surface area contributed by atoms with Gasteiger partial charge in [-0.1, -0.05) is 26.7 Å². The molecule has 6 aliphatic rings. The number of nitrogens with one attached hydrogen (secondary N) is 3. The minimum Gasteiger partial charge on any atom is -0.400 e. The molecule has 0 aromatic rings. The number of piperidine rings is 1. The number of carbonyl (C=O) groups excluding carboxylic acids is 1. The first kappa shape index (κ1) is 30.0. The van der Waals surface area contributed by atoms with Gasteiger partial charge in [0.15, 0.2) is 0 Å². The van der Waals surface area contributed by atoms with E-state index in [-0.39, 0.29) is 24.8 Å². The number of aliphatic hydroxyl groups excluding tert-OH is 1. The standard InChI is InChI=1S/C25H40F3N5O.C2H6.CH4O/c26-25(27,28)22-12-11-19(29-30-22)24(34)32-14-13-21-23-18(3-1-2-4-20(23)32)31-33(21)17-9-7-16(8-10-17)15-5-6-15;2*1-2/h15-23,29-31H,1-14H2;1-2H3;2H,1H3/t16?,17?,18?,19?,20-,21?,22?,23?;;/m0../s1. The van der Waals surface area contributed by atoms with Gasteiger partial charge in [-0.2, -0.15) is 13.2 Å². The van der Waals surface area contributed by atoms with Crippen molar-refractivity contribution < 1.29 is 23.1 Å². The molecule has 10 heteroatoms. The van der Waals surface area contributed by atoms with Crippen molar-refractivity contribution >= 4 is 5.91 Å². The van der Waals surface area contributed by atoms with E-state index in [4.69, 9.17) is 5.11 Å². The van der Waals surface area contributed by atoms with Gasteiger partial charge in [0.2, 0.25) is 5.91 Å². The molecule has 6 atom stereocenters. The maximum atomic E-state index is 13.5. The Labute approximate surface area is 226 Å². The molecule has 1 amide bonds. The molecule has 38 heavy (non-hydrogen) atoms. The van der Waals surface area contributed by atoms with Crippen molar-refractivity contribution in [3.8, 4) is 0 Å². The van der Waals surface area contributed by atoms with E-state index in [0.717, 1.165) is 44.6 Å². The Morgan fingerprint density at radius 1 is 0.789 bits per heavy atom. The summed E-state index contributed by atoms with van der Waals surface area (Å²) in [6, 6.07) is -0.445. The molecule has 3 aliphatic heterocycles. The molecule has 0 aromatic carbocycles. The number of rotatable bonds is 3. The molecule has 0 bridgehead atoms. The normalized spacial score (nSPS) is 39.6. The third-order valence-electron chi connectivity index (χ3n) is 9.93. The molecule has 4 N–H and O–H groups in total. The second-order valence-corrected chi connectivity index (χ2v) is 11.9. The van der Waals surface area contributed by atoms with Gasteiger partial charge in [0, 0.05) is 43.7 Å². The fourth-order valence-corrected chi connectivity index (χ4v) is 8.03. The lowest BCUT2D eigenvalue weighted by Crippen LogP contribution is -2.64. The Bertz CT molecular complexity index is 751. The molecule has 3 saturated heterocycles. The van der Waals surface area contributed by atoms with Gasteiger partial charge < -0.3 is 10.0 Å². The molecule has 6 rings (SSSR count). The van der Waals surface area contributed by atoms with Crippen LogP contribution in [0.3, 0.4) is 0 Å². The molecular formula is C28H50F3N5O2. The van der Waals surface area contributed by atoms with Gasteiger partial charge in [-0.05, 0) is 82.5 Å². The predicted octanol–water partition coefficient (Wildman–Crippen LogP) is 4.13. The molecule has 3 heterocycles. The number of carbonyl (C=O) groups is 1. The lowest BCUT2D eigenvalue weighted by molar-refractivity contribution is -0.168. The molecule has 7 nitrogen and oxygen atoms in total. The highest BCUT2D eigenvalue weighted by atomic mass is 19.4. The minimum atomic E-state index is -4.29. The number of nitrogens with zero attached hydrogens (tertiary/aromatic N) is 2. The average Bonchev–Trinajstić information content (AvgIpc) is 3.76. The monoisotopic (exact) mass is 545 g/mol. The molecule has 0 spiro atoms. The van der Waals surface area contributed by atoms with Crippen LogP contribution in [0, 0.1) is 17.8 Å². The van der Waals surface area contributed by atoms with E-state index in [1.54, 1.807) is 0 Å². The highest BCUT2D eigenvalue weighted by molar-refractivity contribution is 5.82. The fourth-order valence-electron chi connectivity index (χ4n) is 8.03. The highest BCUT2D eigenvalue weighted by Crippen LogP contribution is 2.47. The number of halogens is 3. The highest BCUT2D eigenvalue weighted by Gasteiger charge is 2.54. The van der Waals surface area contributed by atoms with Crippen molar-refractivity contribution in [2.45, 2.75) is 140 Å². The van der Waals surface area contributed by atoms with Crippen molar-refractivity contribution in [2.75, 3.05) is 13.7 Å². The van der Waals surface area contributed by atoms with E-state index in [1.165, 1.54) is 44.9 Å². The molecule has 3 saturated carbocycles. The van der Waals surface area contributed by atoms with Gasteiger partial charge in [0.25, 0.3) is 0 Å². The summed E-state index contributed by atoms with van der Waals surface area (Å²) in [5.74, 6) is 2.37. The van der Waals surface area contributed by atoms with E-state index in [0.29, 0.717) is 30.6 Å². The minimum absolute atomic E-state index is 0.0133. The van der Waals surface area contributed by atoms with Crippen molar-refractivity contribution in [2.24, 2.45) is 17.8 Å². The number of alkyl halides is 3. The van der Waals surface area contributed by atoms with Crippen LogP contribution in [0.5, 0.6) is 0 Å². The van der Waals surface area contributed by atoms with Crippen LogP contribution < -0.4 is 16.3 Å². The first-order valence-corrected chi connectivity index (χ1v) is 15.3. The molecule has 0 radical (unpaired) electrons. The number of amides is 1. The van der Waals surface area contributed by atoms with Gasteiger partial charge in [-0.15, -0.1) is 0 Å². The van der Waals surface area contributed by atoms with Crippen LogP contribution in [0.25, 0.3) is 0 Å². The van der Waals surface area contributed by atoms with Crippen LogP contribution in [0.4, 0.5) is 13.2 Å². The van der Waals surface area contributed by atoms with Gasteiger partial charge in [0.05, 0.1) is 0 Å². The van der Waals surface area contributed by atoms with E-state index < -0.39 is 18.3 Å². The Hall–Kier alpha value is -0.940. The quantitative estimate of drug-likeness (QED) is 0.427. The zero-order valence-electron chi connectivity index (χ0n) is 23.5. The van der Waals surface area contributed by atoms with E-state index >= 15 is 0 Å². The maximum absolute atomic E-state index is 13.5. The molecule has 220 valence electrons. The second kappa shape index (κ2) is 13.1. The van der Waals surface area contributed by atoms with Gasteiger partial charge >= 0.3 is 6.18 Å². The van der Waals surface area contributed by atoms with Crippen LogP contribution >= 0.6 is 0 Å². The van der Waals surface area contributed by atoms with Crippen molar-refractivity contribution in [3.05, 3.63) is 0 Å². The van der Waals surface area contributed by atoms with Crippen molar-refractivity contribution in [1.82, 2.24) is 26.2 Å². The first-order chi connectivity index (χ1) is 18.4. The Morgan fingerprint density at radius 2 is 1.42 bits per heavy atom. The first-order valence-electron chi connectivity index (χ1n) is 15.3. The molecule has 6 fully saturated rings. The SMILES string of the molecule is CC.CO.O=C(C1CCC(C(F)(F)F)NN1)N1CCC2C3C(CCCC[C@@H]31)NN2C1CCC(C2CC2)CC1. The molecule has 0 aromatic heterocycles. The lowest BCUT2D eigenvalue weighted by Gasteiger charge is -2.47. The van der Waals surface area contributed by atoms with Crippen LogP contribution in [0.2, 0.25) is 0 Å². The second-order valence-electron chi connectivity index (χ2n) is 11.9. The number of aliphatic hydroxyl groups is 1. The predicted molar refractivity (Wildman–Crippen MR) is 142 cm³/mol. The number of likely N-dealkylation sites (tertiary alicyclic amines) is 1. The molecular weight excluding hydrogens is 495 g/mol. The topological polar surface area (TPSA) is 79.9 Å². The Kier molecular flexibility index (Phi) is 10.4. The van der Waals surface area contributed by atoms with E-state index in [2.05, 4.69) is 21.3 Å². The summed E-state index contributed by atoms with van der Waals surface area (Å²) in [5, 5.41) is 9.62. The van der Waals surface area contributed by atoms with E-state index in [9.17, 15) is 18.0 Å². The van der Waals surface area contributed by atoms with Crippen LogP contribution in [-0.4, -0.2) is 77.0 Å². The lowest BCUT2D eigenvalue weighted by atomic mass is 9.78. The van der Waals surface area contributed by atoms with Crippen LogP contribution in [0.15, 0.2) is 0 Å². The summed E-state index contributed by atoms with van der Waals surface area (Å²) < 4.78 is 39.1. The summed E-state index contributed by atoms with van der Waals surface area (Å²) in [7, 11) is 1.00. The number of hydrogen-bond acceptors (Lipinski definition) is 6. The number of hydrazine groups is 2. The Balaban J connectivity index is 0.000000804. The van der Waals surface area contributed by atoms with Crippen molar-refractivity contribution in [3.63, 3.8) is 0 Å².